The first-order valence-corrected chi connectivity index (χ1v) is 9.45. The summed E-state index contributed by atoms with van der Waals surface area (Å²) in [6.07, 6.45) is -5.86. The molecule has 1 aliphatic rings. The molecule has 1 amide bonds. The van der Waals surface area contributed by atoms with Gasteiger partial charge in [0.2, 0.25) is 0 Å². The molecule has 2 unspecified atom stereocenters. The Labute approximate surface area is 168 Å². The van der Waals surface area contributed by atoms with E-state index >= 15 is 0 Å². The van der Waals surface area contributed by atoms with Crippen LogP contribution < -0.4 is 10.1 Å². The van der Waals surface area contributed by atoms with Crippen LogP contribution in [0.4, 0.5) is 18.0 Å². The minimum Gasteiger partial charge on any atom is -0.494 e. The van der Waals surface area contributed by atoms with Crippen molar-refractivity contribution in [3.63, 3.8) is 0 Å². The molecule has 2 atom stereocenters. The average molecular weight is 419 g/mol. The topological polar surface area (TPSA) is 77.0 Å². The van der Waals surface area contributed by atoms with Crippen molar-refractivity contribution in [2.24, 2.45) is 5.92 Å². The molecule has 1 heterocycles. The Morgan fingerprint density at radius 1 is 1.28 bits per heavy atom. The molecule has 29 heavy (non-hydrogen) atoms. The average Bonchev–Trinajstić information content (AvgIpc) is 3.00. The van der Waals surface area contributed by atoms with Gasteiger partial charge < -0.3 is 24.6 Å². The largest absolute Gasteiger partial charge is 0.494 e. The number of hydrogen-bond donors (Lipinski definition) is 2. The number of hydrogen-bond acceptors (Lipinski definition) is 5. The van der Waals surface area contributed by atoms with Crippen LogP contribution in [0.2, 0.25) is 0 Å². The third-order valence-corrected chi connectivity index (χ3v) is 4.53. The first-order chi connectivity index (χ1) is 13.5. The lowest BCUT2D eigenvalue weighted by atomic mass is 9.81. The zero-order valence-corrected chi connectivity index (χ0v) is 16.8. The van der Waals surface area contributed by atoms with Crippen molar-refractivity contribution in [2.45, 2.75) is 50.9 Å². The SMILES string of the molecule is CC(C)(C)OC(=O)NC1(c2ccc(OCCCC(F)(F)F)cc2)COCC1CO. The van der Waals surface area contributed by atoms with Crippen molar-refractivity contribution >= 4 is 6.09 Å². The van der Waals surface area contributed by atoms with Crippen LogP contribution in [0, 0.1) is 5.92 Å². The van der Waals surface area contributed by atoms with E-state index in [0.717, 1.165) is 0 Å². The molecular formula is C20H28F3NO5. The second kappa shape index (κ2) is 9.21. The van der Waals surface area contributed by atoms with Crippen molar-refractivity contribution in [3.05, 3.63) is 29.8 Å². The lowest BCUT2D eigenvalue weighted by molar-refractivity contribution is -0.136. The van der Waals surface area contributed by atoms with Gasteiger partial charge in [0, 0.05) is 12.3 Å². The van der Waals surface area contributed by atoms with E-state index in [0.29, 0.717) is 11.3 Å². The van der Waals surface area contributed by atoms with Crippen LogP contribution in [0.3, 0.4) is 0 Å². The van der Waals surface area contributed by atoms with E-state index in [2.05, 4.69) is 5.32 Å². The fourth-order valence-corrected chi connectivity index (χ4v) is 3.16. The molecule has 6 nitrogen and oxygen atoms in total. The monoisotopic (exact) mass is 419 g/mol. The van der Waals surface area contributed by atoms with Crippen molar-refractivity contribution in [1.82, 2.24) is 5.32 Å². The van der Waals surface area contributed by atoms with Gasteiger partial charge in [-0.05, 0) is 44.9 Å². The summed E-state index contributed by atoms with van der Waals surface area (Å²) in [4.78, 5) is 12.4. The summed E-state index contributed by atoms with van der Waals surface area (Å²) in [6, 6.07) is 6.64. The number of nitrogens with one attached hydrogen (secondary N) is 1. The number of ether oxygens (including phenoxy) is 3. The highest BCUT2D eigenvalue weighted by Crippen LogP contribution is 2.36. The molecule has 1 aromatic carbocycles. The lowest BCUT2D eigenvalue weighted by Crippen LogP contribution is -2.53. The number of aliphatic hydroxyl groups excluding tert-OH is 1. The van der Waals surface area contributed by atoms with Crippen LogP contribution in [-0.2, 0) is 15.0 Å². The van der Waals surface area contributed by atoms with E-state index in [-0.39, 0.29) is 38.8 Å². The van der Waals surface area contributed by atoms with Gasteiger partial charge in [0.15, 0.2) is 0 Å². The highest BCUT2D eigenvalue weighted by Gasteiger charge is 2.47. The fourth-order valence-electron chi connectivity index (χ4n) is 3.16. The zero-order valence-electron chi connectivity index (χ0n) is 16.8. The van der Waals surface area contributed by atoms with E-state index < -0.39 is 29.8 Å². The molecule has 0 radical (unpaired) electrons. The molecule has 0 spiro atoms. The summed E-state index contributed by atoms with van der Waals surface area (Å²) in [6.45, 7) is 5.41. The van der Waals surface area contributed by atoms with Gasteiger partial charge in [0.05, 0.1) is 32.0 Å². The van der Waals surface area contributed by atoms with Crippen molar-refractivity contribution in [3.8, 4) is 5.75 Å². The van der Waals surface area contributed by atoms with Crippen molar-refractivity contribution < 1.29 is 37.3 Å². The Morgan fingerprint density at radius 3 is 2.48 bits per heavy atom. The zero-order chi connectivity index (χ0) is 21.7. The molecule has 0 aromatic heterocycles. The van der Waals surface area contributed by atoms with Gasteiger partial charge in [-0.2, -0.15) is 13.2 Å². The van der Waals surface area contributed by atoms with Crippen LogP contribution in [0.15, 0.2) is 24.3 Å². The minimum absolute atomic E-state index is 0.0530. The minimum atomic E-state index is -4.20. The van der Waals surface area contributed by atoms with Crippen LogP contribution in [-0.4, -0.2) is 49.4 Å². The molecule has 9 heteroatoms. The Kier molecular flexibility index (Phi) is 7.40. The van der Waals surface area contributed by atoms with Gasteiger partial charge in [0.25, 0.3) is 0 Å². The molecule has 1 aromatic rings. The third kappa shape index (κ3) is 6.78. The second-order valence-corrected chi connectivity index (χ2v) is 8.08. The second-order valence-electron chi connectivity index (χ2n) is 8.08. The molecule has 0 bridgehead atoms. The van der Waals surface area contributed by atoms with Gasteiger partial charge in [-0.25, -0.2) is 4.79 Å². The smallest absolute Gasteiger partial charge is 0.408 e. The van der Waals surface area contributed by atoms with Crippen molar-refractivity contribution in [1.29, 1.82) is 0 Å². The van der Waals surface area contributed by atoms with E-state index in [4.69, 9.17) is 14.2 Å². The highest BCUT2D eigenvalue weighted by atomic mass is 19.4. The fraction of sp³-hybridized carbons (Fsp3) is 0.650. The van der Waals surface area contributed by atoms with E-state index in [9.17, 15) is 23.1 Å². The Hall–Kier alpha value is -2.00. The quantitative estimate of drug-likeness (QED) is 0.658. The standard InChI is InChI=1S/C20H28F3NO5/c1-18(2,3)29-17(26)24-19(13-27-12-15(19)11-25)14-5-7-16(8-6-14)28-10-4-9-20(21,22)23/h5-8,15,25H,4,9-13H2,1-3H3,(H,24,26). The number of carbonyl (C=O) groups is 1. The van der Waals surface area contributed by atoms with Crippen LogP contribution in [0.25, 0.3) is 0 Å². The summed E-state index contributed by atoms with van der Waals surface area (Å²) in [5.41, 5.74) is -0.984. The molecule has 2 N–H and O–H groups in total. The maximum absolute atomic E-state index is 12.4. The number of amides is 1. The number of alkyl halides is 3. The molecule has 1 fully saturated rings. The predicted octanol–water partition coefficient (Wildman–Crippen LogP) is 3.77. The summed E-state index contributed by atoms with van der Waals surface area (Å²) in [5, 5.41) is 12.6. The van der Waals surface area contributed by atoms with Gasteiger partial charge in [-0.15, -0.1) is 0 Å². The van der Waals surface area contributed by atoms with E-state index in [1.54, 1.807) is 45.0 Å². The molecule has 1 saturated heterocycles. The Balaban J connectivity index is 2.10. The number of rotatable bonds is 7. The summed E-state index contributed by atoms with van der Waals surface area (Å²) in [5.74, 6) is 0.0383. The Bertz CT molecular complexity index is 672. The number of alkyl carbamates (subject to hydrolysis) is 1. The molecule has 164 valence electrons. The molecule has 0 saturated carbocycles. The van der Waals surface area contributed by atoms with Gasteiger partial charge in [0.1, 0.15) is 11.4 Å². The van der Waals surface area contributed by atoms with Crippen LogP contribution in [0.1, 0.15) is 39.2 Å². The summed E-state index contributed by atoms with van der Waals surface area (Å²) >= 11 is 0. The third-order valence-electron chi connectivity index (χ3n) is 4.53. The van der Waals surface area contributed by atoms with E-state index in [1.165, 1.54) is 0 Å². The number of carbonyl (C=O) groups excluding carboxylic acids is 1. The van der Waals surface area contributed by atoms with E-state index in [1.807, 2.05) is 0 Å². The Morgan fingerprint density at radius 2 is 1.93 bits per heavy atom. The summed E-state index contributed by atoms with van der Waals surface area (Å²) < 4.78 is 52.8. The van der Waals surface area contributed by atoms with Gasteiger partial charge in [-0.1, -0.05) is 12.1 Å². The molecule has 1 aliphatic heterocycles. The maximum atomic E-state index is 12.4. The number of benzene rings is 1. The van der Waals surface area contributed by atoms with Crippen molar-refractivity contribution in [2.75, 3.05) is 26.4 Å². The number of aliphatic hydroxyl groups is 1. The first kappa shape index (κ1) is 23.3. The summed E-state index contributed by atoms with van der Waals surface area (Å²) in [7, 11) is 0. The number of halogens is 3. The molecular weight excluding hydrogens is 391 g/mol. The van der Waals surface area contributed by atoms with Crippen LogP contribution in [0.5, 0.6) is 5.75 Å². The molecule has 2 rings (SSSR count). The maximum Gasteiger partial charge on any atom is 0.408 e. The molecule has 0 aliphatic carbocycles. The lowest BCUT2D eigenvalue weighted by Gasteiger charge is -2.35. The predicted molar refractivity (Wildman–Crippen MR) is 99.7 cm³/mol. The normalized spacial score (nSPS) is 22.4. The first-order valence-electron chi connectivity index (χ1n) is 9.45. The van der Waals surface area contributed by atoms with Gasteiger partial charge >= 0.3 is 12.3 Å². The highest BCUT2D eigenvalue weighted by molar-refractivity contribution is 5.69. The van der Waals surface area contributed by atoms with Crippen LogP contribution >= 0.6 is 0 Å². The van der Waals surface area contributed by atoms with Gasteiger partial charge in [-0.3, -0.25) is 0 Å².